The van der Waals surface area contributed by atoms with Crippen molar-refractivity contribution in [3.05, 3.63) is 29.5 Å². The Hall–Kier alpha value is -3.60. The summed E-state index contributed by atoms with van der Waals surface area (Å²) in [6, 6.07) is 2.04. The average molecular weight is 458 g/mol. The van der Waals surface area contributed by atoms with Crippen molar-refractivity contribution in [3.63, 3.8) is 0 Å². The van der Waals surface area contributed by atoms with Crippen molar-refractivity contribution in [1.29, 1.82) is 0 Å². The molecule has 4 atom stereocenters. The van der Waals surface area contributed by atoms with Crippen molar-refractivity contribution in [3.8, 4) is 5.75 Å². The van der Waals surface area contributed by atoms with Gasteiger partial charge in [0.05, 0.1) is 18.9 Å². The summed E-state index contributed by atoms with van der Waals surface area (Å²) in [5, 5.41) is 22.0. The minimum absolute atomic E-state index is 0.272. The molecule has 4 rings (SSSR count). The molecule has 2 aliphatic rings. The number of rotatable bonds is 6. The highest BCUT2D eigenvalue weighted by Gasteiger charge is 2.60. The van der Waals surface area contributed by atoms with Gasteiger partial charge in [-0.15, -0.1) is 0 Å². The number of fused-ring (bicyclic) bond motifs is 5. The first kappa shape index (κ1) is 22.6. The number of benzene rings is 1. The second-order valence-corrected chi connectivity index (χ2v) is 8.56. The molecule has 1 saturated heterocycles. The number of nitrogens with one attached hydrogen (secondary N) is 2. The zero-order chi connectivity index (χ0) is 24.2. The van der Waals surface area contributed by atoms with Crippen LogP contribution in [-0.2, 0) is 26.3 Å². The first-order valence-electron chi connectivity index (χ1n) is 10.6. The van der Waals surface area contributed by atoms with E-state index < -0.39 is 47.5 Å². The molecule has 1 aromatic carbocycles. The maximum atomic E-state index is 13.6. The quantitative estimate of drug-likeness (QED) is 0.461. The van der Waals surface area contributed by atoms with Gasteiger partial charge in [0.2, 0.25) is 5.91 Å². The standard InChI is InChI=1S/C22H26N4O7/c1-10(18(28)24-16(11(2)27)19(29)30)26-20(31)22(3)17-13(7-8-25(22)21(26)32)14-9-12(33-4)5-6-15(14)23-17/h5-6,9-11,16,23,27H,7-8H2,1-4H3,(H,24,28)(H,29,30)/t10-,11-,16-,22-/m0/s1. The fourth-order valence-corrected chi connectivity index (χ4v) is 4.69. The molecule has 2 aromatic rings. The van der Waals surface area contributed by atoms with Crippen LogP contribution >= 0.6 is 0 Å². The van der Waals surface area contributed by atoms with Gasteiger partial charge in [-0.3, -0.25) is 9.59 Å². The molecule has 1 aromatic heterocycles. The number of aromatic nitrogens is 1. The molecule has 0 spiro atoms. The number of nitrogens with zero attached hydrogens (tertiary/aromatic N) is 2. The highest BCUT2D eigenvalue weighted by Crippen LogP contribution is 2.45. The number of carboxylic acids is 1. The Morgan fingerprint density at radius 3 is 2.58 bits per heavy atom. The lowest BCUT2D eigenvalue weighted by atomic mass is 9.87. The third-order valence-electron chi connectivity index (χ3n) is 6.61. The van der Waals surface area contributed by atoms with E-state index in [2.05, 4.69) is 10.3 Å². The number of ether oxygens (including phenoxy) is 1. The van der Waals surface area contributed by atoms with Gasteiger partial charge < -0.3 is 30.2 Å². The summed E-state index contributed by atoms with van der Waals surface area (Å²) in [6.07, 6.45) is -0.854. The first-order valence-corrected chi connectivity index (χ1v) is 10.6. The maximum absolute atomic E-state index is 13.6. The molecule has 11 nitrogen and oxygen atoms in total. The largest absolute Gasteiger partial charge is 0.497 e. The van der Waals surface area contributed by atoms with E-state index in [1.165, 1.54) is 18.7 Å². The van der Waals surface area contributed by atoms with Gasteiger partial charge in [0.15, 0.2) is 11.6 Å². The Kier molecular flexibility index (Phi) is 5.32. The number of hydrogen-bond acceptors (Lipinski definition) is 6. The minimum atomic E-state index is -1.57. The van der Waals surface area contributed by atoms with E-state index in [1.54, 1.807) is 20.1 Å². The summed E-state index contributed by atoms with van der Waals surface area (Å²) in [4.78, 5) is 56.5. The summed E-state index contributed by atoms with van der Waals surface area (Å²) >= 11 is 0. The molecule has 2 aliphatic heterocycles. The lowest BCUT2D eigenvalue weighted by Crippen LogP contribution is -2.55. The van der Waals surface area contributed by atoms with Crippen LogP contribution in [0.25, 0.3) is 10.9 Å². The number of aliphatic carboxylic acids is 1. The predicted octanol–water partition coefficient (Wildman–Crippen LogP) is 0.551. The van der Waals surface area contributed by atoms with Crippen LogP contribution in [-0.4, -0.2) is 80.7 Å². The SMILES string of the molecule is COc1ccc2[nH]c3c(c2c1)CCN1C(=O)N([C@@H](C)C(=O)N[C@H](C(=O)O)[C@H](C)O)C(=O)[C@]31C. The summed E-state index contributed by atoms with van der Waals surface area (Å²) in [6.45, 7) is 4.49. The monoisotopic (exact) mass is 458 g/mol. The van der Waals surface area contributed by atoms with Gasteiger partial charge in [-0.05, 0) is 51.0 Å². The van der Waals surface area contributed by atoms with Crippen molar-refractivity contribution in [1.82, 2.24) is 20.1 Å². The average Bonchev–Trinajstić information content (AvgIpc) is 3.24. The van der Waals surface area contributed by atoms with Crippen LogP contribution in [0.4, 0.5) is 4.79 Å². The molecule has 33 heavy (non-hydrogen) atoms. The van der Waals surface area contributed by atoms with Gasteiger partial charge in [-0.25, -0.2) is 14.5 Å². The van der Waals surface area contributed by atoms with Crippen LogP contribution in [0.5, 0.6) is 5.75 Å². The number of carboxylic acid groups (broad SMARTS) is 1. The van der Waals surface area contributed by atoms with Crippen molar-refractivity contribution in [2.24, 2.45) is 0 Å². The van der Waals surface area contributed by atoms with Crippen LogP contribution in [0.1, 0.15) is 32.0 Å². The topological polar surface area (TPSA) is 152 Å². The lowest BCUT2D eigenvalue weighted by molar-refractivity contribution is -0.146. The number of aliphatic hydroxyl groups is 1. The Balaban J connectivity index is 1.70. The molecule has 0 unspecified atom stereocenters. The number of imide groups is 1. The molecule has 0 aliphatic carbocycles. The number of methoxy groups -OCH3 is 1. The van der Waals surface area contributed by atoms with E-state index in [0.29, 0.717) is 17.9 Å². The van der Waals surface area contributed by atoms with Gasteiger partial charge in [0.1, 0.15) is 11.8 Å². The molecule has 0 saturated carbocycles. The third kappa shape index (κ3) is 3.22. The molecular weight excluding hydrogens is 432 g/mol. The molecule has 4 amide bonds. The second kappa shape index (κ2) is 7.77. The highest BCUT2D eigenvalue weighted by atomic mass is 16.5. The van der Waals surface area contributed by atoms with Crippen molar-refractivity contribution < 1.29 is 34.1 Å². The molecule has 3 heterocycles. The van der Waals surface area contributed by atoms with Gasteiger partial charge in [0.25, 0.3) is 5.91 Å². The zero-order valence-electron chi connectivity index (χ0n) is 18.7. The van der Waals surface area contributed by atoms with Gasteiger partial charge in [0, 0.05) is 17.4 Å². The molecule has 11 heteroatoms. The van der Waals surface area contributed by atoms with E-state index in [0.717, 1.165) is 21.4 Å². The van der Waals surface area contributed by atoms with Gasteiger partial charge in [-0.1, -0.05) is 0 Å². The fourth-order valence-electron chi connectivity index (χ4n) is 4.69. The molecular formula is C22H26N4O7. The lowest BCUT2D eigenvalue weighted by Gasteiger charge is -2.36. The molecule has 4 N–H and O–H groups in total. The number of aromatic amines is 1. The van der Waals surface area contributed by atoms with Crippen molar-refractivity contribution in [2.75, 3.05) is 13.7 Å². The fraction of sp³-hybridized carbons (Fsp3) is 0.455. The minimum Gasteiger partial charge on any atom is -0.497 e. The number of carbonyl (C=O) groups excluding carboxylic acids is 3. The maximum Gasteiger partial charge on any atom is 0.328 e. The summed E-state index contributed by atoms with van der Waals surface area (Å²) < 4.78 is 5.32. The predicted molar refractivity (Wildman–Crippen MR) is 116 cm³/mol. The highest BCUT2D eigenvalue weighted by molar-refractivity contribution is 6.11. The van der Waals surface area contributed by atoms with Gasteiger partial charge >= 0.3 is 12.0 Å². The van der Waals surface area contributed by atoms with E-state index in [-0.39, 0.29) is 6.54 Å². The van der Waals surface area contributed by atoms with Crippen LogP contribution in [0, 0.1) is 0 Å². The van der Waals surface area contributed by atoms with Gasteiger partial charge in [-0.2, -0.15) is 0 Å². The third-order valence-corrected chi connectivity index (χ3v) is 6.61. The Labute approximate surface area is 189 Å². The molecule has 176 valence electrons. The second-order valence-electron chi connectivity index (χ2n) is 8.56. The van der Waals surface area contributed by atoms with Crippen LogP contribution in [0.2, 0.25) is 0 Å². The van der Waals surface area contributed by atoms with Crippen LogP contribution in [0.3, 0.4) is 0 Å². The van der Waals surface area contributed by atoms with Crippen LogP contribution in [0.15, 0.2) is 18.2 Å². The summed E-state index contributed by atoms with van der Waals surface area (Å²) in [7, 11) is 1.57. The van der Waals surface area contributed by atoms with E-state index in [1.807, 2.05) is 12.1 Å². The van der Waals surface area contributed by atoms with E-state index >= 15 is 0 Å². The Morgan fingerprint density at radius 1 is 1.27 bits per heavy atom. The summed E-state index contributed by atoms with van der Waals surface area (Å²) in [5.41, 5.74) is 0.942. The number of amides is 4. The van der Waals surface area contributed by atoms with E-state index in [9.17, 15) is 29.4 Å². The van der Waals surface area contributed by atoms with Crippen molar-refractivity contribution in [2.45, 2.75) is 50.9 Å². The number of urea groups is 1. The molecule has 0 bridgehead atoms. The van der Waals surface area contributed by atoms with Crippen molar-refractivity contribution >= 4 is 34.7 Å². The zero-order valence-corrected chi connectivity index (χ0v) is 18.7. The normalized spacial score (nSPS) is 22.6. The van der Waals surface area contributed by atoms with E-state index in [4.69, 9.17) is 4.74 Å². The first-order chi connectivity index (χ1) is 15.5. The Bertz CT molecular complexity index is 1170. The summed E-state index contributed by atoms with van der Waals surface area (Å²) in [5.74, 6) is -2.19. The molecule has 1 fully saturated rings. The number of H-pyrrole nitrogens is 1. The Morgan fingerprint density at radius 2 is 1.97 bits per heavy atom. The number of aliphatic hydroxyl groups excluding tert-OH is 1. The smallest absolute Gasteiger partial charge is 0.328 e. The molecule has 0 radical (unpaired) electrons. The van der Waals surface area contributed by atoms with Crippen LogP contribution < -0.4 is 10.1 Å². The number of carbonyl (C=O) groups is 4. The number of hydrogen-bond donors (Lipinski definition) is 4.